The third kappa shape index (κ3) is 5.85. The molecule has 1 unspecified atom stereocenters. The zero-order valence-electron chi connectivity index (χ0n) is 18.0. The van der Waals surface area contributed by atoms with Gasteiger partial charge in [0.2, 0.25) is 0 Å². The summed E-state index contributed by atoms with van der Waals surface area (Å²) in [6.07, 6.45) is -0.805. The Morgan fingerprint density at radius 1 is 0.839 bits per heavy atom. The van der Waals surface area contributed by atoms with Crippen LogP contribution in [0, 0.1) is 13.8 Å². The normalized spacial score (nSPS) is 11.4. The van der Waals surface area contributed by atoms with Gasteiger partial charge in [-0.1, -0.05) is 12.1 Å². The third-order valence-electron chi connectivity index (χ3n) is 4.68. The molecule has 6 heteroatoms. The lowest BCUT2D eigenvalue weighted by Gasteiger charge is -2.14. The molecule has 3 aromatic rings. The summed E-state index contributed by atoms with van der Waals surface area (Å²) in [5, 5.41) is 2.91. The van der Waals surface area contributed by atoms with E-state index in [9.17, 15) is 9.59 Å². The molecule has 0 aliphatic heterocycles. The van der Waals surface area contributed by atoms with Crippen molar-refractivity contribution >= 4 is 17.6 Å². The molecule has 0 aromatic heterocycles. The topological polar surface area (TPSA) is 73.9 Å². The van der Waals surface area contributed by atoms with Crippen molar-refractivity contribution in [2.45, 2.75) is 26.9 Å². The zero-order chi connectivity index (χ0) is 22.4. The molecule has 0 aliphatic carbocycles. The van der Waals surface area contributed by atoms with E-state index in [1.54, 1.807) is 62.6 Å². The van der Waals surface area contributed by atoms with Gasteiger partial charge in [0.25, 0.3) is 5.91 Å². The molecule has 1 atom stereocenters. The summed E-state index contributed by atoms with van der Waals surface area (Å²) in [6.45, 7) is 5.52. The fourth-order valence-electron chi connectivity index (χ4n) is 2.85. The first kappa shape index (κ1) is 21.9. The Hall–Kier alpha value is -3.80. The fraction of sp³-hybridized carbons (Fsp3) is 0.200. The van der Waals surface area contributed by atoms with Crippen LogP contribution in [0.5, 0.6) is 17.2 Å². The fourth-order valence-corrected chi connectivity index (χ4v) is 2.85. The molecule has 0 bridgehead atoms. The second kappa shape index (κ2) is 9.80. The minimum atomic E-state index is -0.805. The number of rotatable bonds is 7. The number of benzene rings is 3. The molecule has 1 N–H and O–H groups in total. The Labute approximate surface area is 181 Å². The van der Waals surface area contributed by atoms with Crippen molar-refractivity contribution in [1.82, 2.24) is 0 Å². The van der Waals surface area contributed by atoms with E-state index in [-0.39, 0.29) is 5.91 Å². The number of methoxy groups -OCH3 is 1. The monoisotopic (exact) mass is 419 g/mol. The largest absolute Gasteiger partial charge is 0.497 e. The number of hydrogen-bond donors (Lipinski definition) is 1. The van der Waals surface area contributed by atoms with E-state index in [0.717, 1.165) is 16.8 Å². The maximum atomic E-state index is 12.5. The summed E-state index contributed by atoms with van der Waals surface area (Å²) in [5.74, 6) is 0.789. The SMILES string of the molecule is COc1ccc(OC(C)C(=O)Oc2ccc(C(=O)Nc3cc(C)ccc3C)cc2)cc1. The molecule has 0 fully saturated rings. The molecule has 0 saturated heterocycles. The molecule has 6 nitrogen and oxygen atoms in total. The van der Waals surface area contributed by atoms with Gasteiger partial charge in [-0.15, -0.1) is 0 Å². The number of ether oxygens (including phenoxy) is 3. The Morgan fingerprint density at radius 2 is 1.45 bits per heavy atom. The van der Waals surface area contributed by atoms with Crippen molar-refractivity contribution < 1.29 is 23.8 Å². The Bertz CT molecular complexity index is 1060. The minimum absolute atomic E-state index is 0.234. The van der Waals surface area contributed by atoms with E-state index in [2.05, 4.69) is 5.32 Å². The smallest absolute Gasteiger partial charge is 0.352 e. The van der Waals surface area contributed by atoms with Crippen molar-refractivity contribution in [3.8, 4) is 17.2 Å². The molecular weight excluding hydrogens is 394 g/mol. The van der Waals surface area contributed by atoms with Gasteiger partial charge in [0, 0.05) is 11.3 Å². The van der Waals surface area contributed by atoms with Gasteiger partial charge >= 0.3 is 5.97 Å². The maximum Gasteiger partial charge on any atom is 0.352 e. The second-order valence-corrected chi connectivity index (χ2v) is 7.15. The first-order valence-corrected chi connectivity index (χ1v) is 9.87. The van der Waals surface area contributed by atoms with Crippen molar-refractivity contribution in [3.05, 3.63) is 83.4 Å². The summed E-state index contributed by atoms with van der Waals surface area (Å²) < 4.78 is 16.1. The number of anilines is 1. The predicted molar refractivity (Wildman–Crippen MR) is 119 cm³/mol. The second-order valence-electron chi connectivity index (χ2n) is 7.15. The molecule has 0 radical (unpaired) electrons. The molecule has 31 heavy (non-hydrogen) atoms. The molecule has 0 saturated carbocycles. The van der Waals surface area contributed by atoms with Crippen LogP contribution in [0.3, 0.4) is 0 Å². The van der Waals surface area contributed by atoms with Crippen LogP contribution in [0.25, 0.3) is 0 Å². The van der Waals surface area contributed by atoms with Gasteiger partial charge in [-0.2, -0.15) is 0 Å². The Kier molecular flexibility index (Phi) is 6.92. The summed E-state index contributed by atoms with van der Waals surface area (Å²) in [6, 6.07) is 19.2. The van der Waals surface area contributed by atoms with Gasteiger partial charge in [0.1, 0.15) is 17.2 Å². The van der Waals surface area contributed by atoms with Crippen LogP contribution in [-0.2, 0) is 4.79 Å². The molecule has 0 heterocycles. The van der Waals surface area contributed by atoms with Gasteiger partial charge in [0.15, 0.2) is 6.10 Å². The van der Waals surface area contributed by atoms with Crippen molar-refractivity contribution in [3.63, 3.8) is 0 Å². The number of nitrogens with one attached hydrogen (secondary N) is 1. The lowest BCUT2D eigenvalue weighted by atomic mass is 10.1. The summed E-state index contributed by atoms with van der Waals surface area (Å²) >= 11 is 0. The summed E-state index contributed by atoms with van der Waals surface area (Å²) in [5.41, 5.74) is 3.28. The van der Waals surface area contributed by atoms with E-state index in [1.165, 1.54) is 0 Å². The van der Waals surface area contributed by atoms with Crippen LogP contribution >= 0.6 is 0 Å². The van der Waals surface area contributed by atoms with Crippen molar-refractivity contribution in [2.24, 2.45) is 0 Å². The van der Waals surface area contributed by atoms with Gasteiger partial charge < -0.3 is 19.5 Å². The molecule has 160 valence electrons. The predicted octanol–water partition coefficient (Wildman–Crippen LogP) is 4.94. The molecule has 3 rings (SSSR count). The number of amides is 1. The third-order valence-corrected chi connectivity index (χ3v) is 4.68. The van der Waals surface area contributed by atoms with Crippen LogP contribution in [0.15, 0.2) is 66.7 Å². The van der Waals surface area contributed by atoms with Crippen LogP contribution in [0.1, 0.15) is 28.4 Å². The van der Waals surface area contributed by atoms with E-state index in [1.807, 2.05) is 32.0 Å². The first-order valence-electron chi connectivity index (χ1n) is 9.87. The first-order chi connectivity index (χ1) is 14.9. The van der Waals surface area contributed by atoms with Gasteiger partial charge in [-0.25, -0.2) is 4.79 Å². The highest BCUT2D eigenvalue weighted by Crippen LogP contribution is 2.21. The van der Waals surface area contributed by atoms with Gasteiger partial charge in [-0.05, 0) is 86.5 Å². The van der Waals surface area contributed by atoms with Crippen molar-refractivity contribution in [1.29, 1.82) is 0 Å². The molecular formula is C25H25NO5. The van der Waals surface area contributed by atoms with Crippen LogP contribution in [0.4, 0.5) is 5.69 Å². The van der Waals surface area contributed by atoms with E-state index in [0.29, 0.717) is 22.8 Å². The summed E-state index contributed by atoms with van der Waals surface area (Å²) in [7, 11) is 1.58. The van der Waals surface area contributed by atoms with Crippen LogP contribution in [-0.4, -0.2) is 25.1 Å². The zero-order valence-corrected chi connectivity index (χ0v) is 18.0. The maximum absolute atomic E-state index is 12.5. The van der Waals surface area contributed by atoms with Gasteiger partial charge in [0.05, 0.1) is 7.11 Å². The number of esters is 1. The minimum Gasteiger partial charge on any atom is -0.497 e. The van der Waals surface area contributed by atoms with E-state index < -0.39 is 12.1 Å². The van der Waals surface area contributed by atoms with Crippen molar-refractivity contribution in [2.75, 3.05) is 12.4 Å². The lowest BCUT2D eigenvalue weighted by Crippen LogP contribution is -2.28. The van der Waals surface area contributed by atoms with E-state index >= 15 is 0 Å². The molecule has 0 spiro atoms. The number of carbonyl (C=O) groups excluding carboxylic acids is 2. The molecule has 1 amide bonds. The average Bonchev–Trinajstić information content (AvgIpc) is 2.77. The molecule has 0 aliphatic rings. The standard InChI is InChI=1S/C25H25NO5/c1-16-5-6-17(2)23(15-16)26-24(27)19-7-9-22(10-8-19)31-25(28)18(3)30-21-13-11-20(29-4)12-14-21/h5-15,18H,1-4H3,(H,26,27). The number of hydrogen-bond acceptors (Lipinski definition) is 5. The summed E-state index contributed by atoms with van der Waals surface area (Å²) in [4.78, 5) is 24.8. The average molecular weight is 419 g/mol. The van der Waals surface area contributed by atoms with Gasteiger partial charge in [-0.3, -0.25) is 4.79 Å². The highest BCUT2D eigenvalue weighted by molar-refractivity contribution is 6.04. The lowest BCUT2D eigenvalue weighted by molar-refractivity contribution is -0.141. The molecule has 3 aromatic carbocycles. The Balaban J connectivity index is 1.58. The van der Waals surface area contributed by atoms with E-state index in [4.69, 9.17) is 14.2 Å². The number of carbonyl (C=O) groups is 2. The number of aryl methyl sites for hydroxylation is 2. The highest BCUT2D eigenvalue weighted by atomic mass is 16.6. The van der Waals surface area contributed by atoms with Crippen LogP contribution < -0.4 is 19.5 Å². The highest BCUT2D eigenvalue weighted by Gasteiger charge is 2.18. The Morgan fingerprint density at radius 3 is 2.10 bits per heavy atom. The quantitative estimate of drug-likeness (QED) is 0.434. The van der Waals surface area contributed by atoms with Crippen LogP contribution in [0.2, 0.25) is 0 Å².